The summed E-state index contributed by atoms with van der Waals surface area (Å²) in [6, 6.07) is 7.74. The summed E-state index contributed by atoms with van der Waals surface area (Å²) in [5.74, 6) is 1.10. The maximum atomic E-state index is 5.76. The standard InChI is InChI=1S/C11H12N4/c1-7(2)14-15-11-9-6-4-3-5-8(9)10(12)13-11/h3-6H,1-2H3,(H2,12,13,15). The Bertz CT molecular complexity index is 479. The third-order valence-electron chi connectivity index (χ3n) is 2.01. The van der Waals surface area contributed by atoms with Crippen molar-refractivity contribution < 1.29 is 0 Å². The van der Waals surface area contributed by atoms with E-state index in [9.17, 15) is 0 Å². The third kappa shape index (κ3) is 1.79. The van der Waals surface area contributed by atoms with Crippen LogP contribution in [0, 0.1) is 0 Å². The molecule has 0 spiro atoms. The van der Waals surface area contributed by atoms with Crippen LogP contribution in [0.25, 0.3) is 0 Å². The molecule has 2 N–H and O–H groups in total. The molecular weight excluding hydrogens is 188 g/mol. The Morgan fingerprint density at radius 1 is 1.20 bits per heavy atom. The van der Waals surface area contributed by atoms with Crippen LogP contribution in [0.15, 0.2) is 39.5 Å². The fourth-order valence-corrected chi connectivity index (χ4v) is 1.36. The van der Waals surface area contributed by atoms with Crippen LogP contribution in [0.1, 0.15) is 25.0 Å². The Morgan fingerprint density at radius 3 is 2.53 bits per heavy atom. The van der Waals surface area contributed by atoms with Gasteiger partial charge in [-0.05, 0) is 13.8 Å². The first-order valence-electron chi connectivity index (χ1n) is 4.71. The molecule has 4 nitrogen and oxygen atoms in total. The normalized spacial score (nSPS) is 16.1. The molecule has 2 rings (SSSR count). The highest BCUT2D eigenvalue weighted by Crippen LogP contribution is 2.17. The highest BCUT2D eigenvalue weighted by atomic mass is 15.2. The van der Waals surface area contributed by atoms with Crippen LogP contribution in [0.3, 0.4) is 0 Å². The lowest BCUT2D eigenvalue weighted by atomic mass is 10.1. The van der Waals surface area contributed by atoms with Gasteiger partial charge in [-0.2, -0.15) is 5.10 Å². The first-order valence-corrected chi connectivity index (χ1v) is 4.71. The van der Waals surface area contributed by atoms with Gasteiger partial charge in [0.25, 0.3) is 0 Å². The second-order valence-corrected chi connectivity index (χ2v) is 3.51. The molecule has 0 aromatic heterocycles. The van der Waals surface area contributed by atoms with Gasteiger partial charge >= 0.3 is 0 Å². The fraction of sp³-hybridized carbons (Fsp3) is 0.182. The summed E-state index contributed by atoms with van der Waals surface area (Å²) < 4.78 is 0. The molecule has 76 valence electrons. The van der Waals surface area contributed by atoms with Crippen molar-refractivity contribution in [3.8, 4) is 0 Å². The largest absolute Gasteiger partial charge is 0.383 e. The zero-order chi connectivity index (χ0) is 10.8. The van der Waals surface area contributed by atoms with Crippen molar-refractivity contribution in [1.29, 1.82) is 0 Å². The van der Waals surface area contributed by atoms with Gasteiger partial charge in [-0.1, -0.05) is 24.3 Å². The highest BCUT2D eigenvalue weighted by Gasteiger charge is 2.18. The zero-order valence-electron chi connectivity index (χ0n) is 8.73. The van der Waals surface area contributed by atoms with Crippen LogP contribution in [0.5, 0.6) is 0 Å². The lowest BCUT2D eigenvalue weighted by Crippen LogP contribution is -2.09. The van der Waals surface area contributed by atoms with E-state index in [2.05, 4.69) is 15.2 Å². The molecule has 1 aliphatic heterocycles. The van der Waals surface area contributed by atoms with Gasteiger partial charge in [-0.25, -0.2) is 4.99 Å². The molecule has 0 bridgehead atoms. The molecule has 0 atom stereocenters. The third-order valence-corrected chi connectivity index (χ3v) is 2.01. The molecular formula is C11H12N4. The van der Waals surface area contributed by atoms with E-state index in [4.69, 9.17) is 5.73 Å². The Kier molecular flexibility index (Phi) is 2.33. The van der Waals surface area contributed by atoms with E-state index < -0.39 is 0 Å². The minimum absolute atomic E-state index is 0.508. The minimum Gasteiger partial charge on any atom is -0.383 e. The van der Waals surface area contributed by atoms with Crippen molar-refractivity contribution in [3.63, 3.8) is 0 Å². The average Bonchev–Trinajstić information content (AvgIpc) is 2.54. The van der Waals surface area contributed by atoms with Gasteiger partial charge in [-0.3, -0.25) is 0 Å². The molecule has 0 saturated heterocycles. The lowest BCUT2D eigenvalue weighted by molar-refractivity contribution is 1.21. The maximum Gasteiger partial charge on any atom is 0.184 e. The molecule has 0 fully saturated rings. The smallest absolute Gasteiger partial charge is 0.184 e. The molecule has 1 aromatic carbocycles. The molecule has 0 unspecified atom stereocenters. The van der Waals surface area contributed by atoms with E-state index in [0.29, 0.717) is 11.7 Å². The number of amidine groups is 2. The summed E-state index contributed by atoms with van der Waals surface area (Å²) >= 11 is 0. The highest BCUT2D eigenvalue weighted by molar-refractivity contribution is 6.21. The predicted octanol–water partition coefficient (Wildman–Crippen LogP) is 1.55. The number of benzene rings is 1. The Labute approximate surface area is 88.2 Å². The van der Waals surface area contributed by atoms with E-state index >= 15 is 0 Å². The summed E-state index contributed by atoms with van der Waals surface area (Å²) in [6.07, 6.45) is 0. The van der Waals surface area contributed by atoms with Crippen molar-refractivity contribution in [2.45, 2.75) is 13.8 Å². The lowest BCUT2D eigenvalue weighted by Gasteiger charge is -1.96. The van der Waals surface area contributed by atoms with Gasteiger partial charge in [0, 0.05) is 16.8 Å². The molecule has 0 radical (unpaired) electrons. The van der Waals surface area contributed by atoms with Gasteiger partial charge < -0.3 is 5.73 Å². The second-order valence-electron chi connectivity index (χ2n) is 3.51. The number of hydrogen-bond donors (Lipinski definition) is 1. The maximum absolute atomic E-state index is 5.76. The molecule has 0 saturated carbocycles. The number of hydrogen-bond acceptors (Lipinski definition) is 3. The van der Waals surface area contributed by atoms with Gasteiger partial charge in [0.2, 0.25) is 0 Å². The number of nitrogens with two attached hydrogens (primary N) is 1. The van der Waals surface area contributed by atoms with Crippen LogP contribution in [0.2, 0.25) is 0 Å². The van der Waals surface area contributed by atoms with Crippen LogP contribution in [0.4, 0.5) is 0 Å². The Hall–Kier alpha value is -1.97. The van der Waals surface area contributed by atoms with Gasteiger partial charge in [-0.15, -0.1) is 5.10 Å². The first kappa shape index (κ1) is 9.58. The van der Waals surface area contributed by atoms with Crippen molar-refractivity contribution in [2.24, 2.45) is 20.9 Å². The molecule has 4 heteroatoms. The van der Waals surface area contributed by atoms with Gasteiger partial charge in [0.1, 0.15) is 5.84 Å². The van der Waals surface area contributed by atoms with Crippen molar-refractivity contribution in [2.75, 3.05) is 0 Å². The van der Waals surface area contributed by atoms with E-state index in [1.165, 1.54) is 0 Å². The number of nitrogens with zero attached hydrogens (tertiary/aromatic N) is 3. The summed E-state index contributed by atoms with van der Waals surface area (Å²) in [5.41, 5.74) is 8.53. The molecule has 1 heterocycles. The number of fused-ring (bicyclic) bond motifs is 1. The van der Waals surface area contributed by atoms with Crippen LogP contribution in [-0.4, -0.2) is 17.4 Å². The first-order chi connectivity index (χ1) is 7.18. The van der Waals surface area contributed by atoms with Crippen LogP contribution >= 0.6 is 0 Å². The fourth-order valence-electron chi connectivity index (χ4n) is 1.36. The molecule has 0 amide bonds. The topological polar surface area (TPSA) is 63.1 Å². The summed E-state index contributed by atoms with van der Waals surface area (Å²) in [7, 11) is 0. The minimum atomic E-state index is 0.508. The van der Waals surface area contributed by atoms with Crippen molar-refractivity contribution in [3.05, 3.63) is 35.4 Å². The van der Waals surface area contributed by atoms with Crippen molar-refractivity contribution >= 4 is 17.4 Å². The molecule has 0 aliphatic carbocycles. The SMILES string of the molecule is CC(C)=NN=C1N=C(N)c2ccccc21. The molecule has 1 aliphatic rings. The van der Waals surface area contributed by atoms with Crippen LogP contribution < -0.4 is 5.73 Å². The monoisotopic (exact) mass is 200 g/mol. The Morgan fingerprint density at radius 2 is 1.87 bits per heavy atom. The van der Waals surface area contributed by atoms with Crippen LogP contribution in [-0.2, 0) is 0 Å². The van der Waals surface area contributed by atoms with E-state index in [1.54, 1.807) is 0 Å². The molecule has 15 heavy (non-hydrogen) atoms. The van der Waals surface area contributed by atoms with Crippen molar-refractivity contribution in [1.82, 2.24) is 0 Å². The van der Waals surface area contributed by atoms with E-state index in [0.717, 1.165) is 16.8 Å². The second kappa shape index (κ2) is 3.65. The van der Waals surface area contributed by atoms with E-state index in [1.807, 2.05) is 38.1 Å². The summed E-state index contributed by atoms with van der Waals surface area (Å²) in [5, 5.41) is 8.03. The zero-order valence-corrected chi connectivity index (χ0v) is 8.73. The molecule has 1 aromatic rings. The number of aliphatic imine (C=N–C) groups is 1. The number of rotatable bonds is 1. The quantitative estimate of drug-likeness (QED) is 0.542. The van der Waals surface area contributed by atoms with Gasteiger partial charge in [0.15, 0.2) is 5.84 Å². The average molecular weight is 200 g/mol. The van der Waals surface area contributed by atoms with Gasteiger partial charge in [0.05, 0.1) is 0 Å². The summed E-state index contributed by atoms with van der Waals surface area (Å²) in [6.45, 7) is 3.77. The predicted molar refractivity (Wildman–Crippen MR) is 62.5 cm³/mol. The Balaban J connectivity index is 2.48. The summed E-state index contributed by atoms with van der Waals surface area (Å²) in [4.78, 5) is 4.17. The van der Waals surface area contributed by atoms with E-state index in [-0.39, 0.29) is 0 Å².